The topological polar surface area (TPSA) is 66.6 Å². The maximum absolute atomic E-state index is 13.7. The minimum Gasteiger partial charge on any atom is -0.341 e. The van der Waals surface area contributed by atoms with E-state index in [1.807, 2.05) is 19.1 Å². The fourth-order valence-corrected chi connectivity index (χ4v) is 5.62. The Labute approximate surface area is 184 Å². The molecule has 2 bridgehead atoms. The van der Waals surface area contributed by atoms with Gasteiger partial charge in [-0.25, -0.2) is 4.39 Å². The number of carbonyl (C=O) groups excluding carboxylic acids is 2. The standard InChI is InChI=1S/C23H32FN3O2.ClH/c1-14-9-16(4-8-22(14)24)18-10-20-6-7-21(11-18)27(20)23(29)17-3-5-19(25)13-26(12-17)15(2)28;/h4,8-9,17-21H,3,5-7,10-13,25H2,1-2H3;1H/t17-,18?,19+,20-,21+;/m1./s1. The predicted octanol–water partition coefficient (Wildman–Crippen LogP) is 3.38. The number of aryl methyl sites for hydroxylation is 1. The highest BCUT2D eigenvalue weighted by atomic mass is 35.5. The number of piperidine rings is 1. The van der Waals surface area contributed by atoms with Crippen LogP contribution in [-0.4, -0.2) is 52.8 Å². The first-order valence-electron chi connectivity index (χ1n) is 10.9. The third-order valence-corrected chi connectivity index (χ3v) is 7.22. The van der Waals surface area contributed by atoms with Gasteiger partial charge in [-0.1, -0.05) is 12.1 Å². The Bertz CT molecular complexity index is 791. The third-order valence-electron chi connectivity index (χ3n) is 7.22. The van der Waals surface area contributed by atoms with Crippen molar-refractivity contribution in [3.05, 3.63) is 35.1 Å². The Morgan fingerprint density at radius 2 is 1.73 bits per heavy atom. The second-order valence-corrected chi connectivity index (χ2v) is 9.27. The van der Waals surface area contributed by atoms with Crippen molar-refractivity contribution in [3.8, 4) is 0 Å². The summed E-state index contributed by atoms with van der Waals surface area (Å²) in [6.07, 6.45) is 5.48. The third kappa shape index (κ3) is 4.50. The zero-order valence-electron chi connectivity index (χ0n) is 17.9. The van der Waals surface area contributed by atoms with E-state index >= 15 is 0 Å². The minimum absolute atomic E-state index is 0. The van der Waals surface area contributed by atoms with Crippen LogP contribution in [-0.2, 0) is 9.59 Å². The molecule has 0 aromatic heterocycles. The van der Waals surface area contributed by atoms with Gasteiger partial charge in [0.05, 0.1) is 5.92 Å². The zero-order chi connectivity index (χ0) is 20.7. The molecule has 166 valence electrons. The van der Waals surface area contributed by atoms with E-state index in [9.17, 15) is 14.0 Å². The summed E-state index contributed by atoms with van der Waals surface area (Å²) >= 11 is 0. The van der Waals surface area contributed by atoms with Crippen molar-refractivity contribution in [1.29, 1.82) is 0 Å². The van der Waals surface area contributed by atoms with E-state index in [-0.39, 0.29) is 54.1 Å². The number of benzene rings is 1. The summed E-state index contributed by atoms with van der Waals surface area (Å²) in [5.41, 5.74) is 8.01. The molecule has 0 aliphatic carbocycles. The van der Waals surface area contributed by atoms with Crippen LogP contribution in [0.3, 0.4) is 0 Å². The molecule has 4 rings (SSSR count). The van der Waals surface area contributed by atoms with Crippen molar-refractivity contribution in [2.24, 2.45) is 11.7 Å². The van der Waals surface area contributed by atoms with Gasteiger partial charge >= 0.3 is 0 Å². The maximum atomic E-state index is 13.7. The van der Waals surface area contributed by atoms with Gasteiger partial charge < -0.3 is 15.5 Å². The number of nitrogens with two attached hydrogens (primary N) is 1. The molecule has 3 heterocycles. The largest absolute Gasteiger partial charge is 0.341 e. The quantitative estimate of drug-likeness (QED) is 0.771. The molecule has 3 aliphatic heterocycles. The van der Waals surface area contributed by atoms with Crippen molar-refractivity contribution >= 4 is 24.2 Å². The van der Waals surface area contributed by atoms with Gasteiger partial charge in [-0.15, -0.1) is 12.4 Å². The molecule has 3 aliphatic rings. The molecule has 1 unspecified atom stereocenters. The number of amides is 2. The monoisotopic (exact) mass is 437 g/mol. The van der Waals surface area contributed by atoms with Gasteiger partial charge in [0.2, 0.25) is 11.8 Å². The van der Waals surface area contributed by atoms with Gasteiger partial charge in [0.15, 0.2) is 0 Å². The van der Waals surface area contributed by atoms with E-state index < -0.39 is 0 Å². The second-order valence-electron chi connectivity index (χ2n) is 9.27. The van der Waals surface area contributed by atoms with Crippen LogP contribution in [0.2, 0.25) is 0 Å². The summed E-state index contributed by atoms with van der Waals surface area (Å²) in [7, 11) is 0. The van der Waals surface area contributed by atoms with Gasteiger partial charge in [0.1, 0.15) is 5.82 Å². The first-order valence-corrected chi connectivity index (χ1v) is 10.9. The molecule has 3 fully saturated rings. The summed E-state index contributed by atoms with van der Waals surface area (Å²) in [5, 5.41) is 0. The minimum atomic E-state index is -0.161. The van der Waals surface area contributed by atoms with E-state index in [0.717, 1.165) is 38.5 Å². The lowest BCUT2D eigenvalue weighted by molar-refractivity contribution is -0.142. The summed E-state index contributed by atoms with van der Waals surface area (Å²) in [4.78, 5) is 29.3. The first-order chi connectivity index (χ1) is 13.8. The van der Waals surface area contributed by atoms with E-state index in [1.165, 1.54) is 5.56 Å². The fourth-order valence-electron chi connectivity index (χ4n) is 5.62. The number of carbonyl (C=O) groups is 2. The predicted molar refractivity (Wildman–Crippen MR) is 117 cm³/mol. The number of hydrogen-bond acceptors (Lipinski definition) is 3. The SMILES string of the molecule is CC(=O)N1C[C@@H](N)CC[C@@H](C(=O)N2[C@@H]3CC[C@H]2CC(c2ccc(F)c(C)c2)C3)C1.Cl. The van der Waals surface area contributed by atoms with E-state index in [4.69, 9.17) is 5.73 Å². The van der Waals surface area contributed by atoms with Crippen LogP contribution in [0.1, 0.15) is 62.5 Å². The van der Waals surface area contributed by atoms with E-state index in [2.05, 4.69) is 4.90 Å². The lowest BCUT2D eigenvalue weighted by Gasteiger charge is -2.41. The lowest BCUT2D eigenvalue weighted by atomic mass is 9.83. The van der Waals surface area contributed by atoms with Crippen LogP contribution in [0.5, 0.6) is 0 Å². The average molecular weight is 438 g/mol. The molecule has 7 heteroatoms. The number of hydrogen-bond donors (Lipinski definition) is 1. The van der Waals surface area contributed by atoms with E-state index in [1.54, 1.807) is 17.9 Å². The Morgan fingerprint density at radius 1 is 1.07 bits per heavy atom. The van der Waals surface area contributed by atoms with Gasteiger partial charge in [-0.05, 0) is 68.6 Å². The first kappa shape index (κ1) is 23.0. The van der Waals surface area contributed by atoms with Crippen LogP contribution < -0.4 is 5.73 Å². The molecule has 2 amide bonds. The molecule has 2 N–H and O–H groups in total. The molecule has 1 aromatic carbocycles. The lowest BCUT2D eigenvalue weighted by Crippen LogP contribution is -2.50. The van der Waals surface area contributed by atoms with E-state index in [0.29, 0.717) is 24.6 Å². The molecule has 5 nitrogen and oxygen atoms in total. The van der Waals surface area contributed by atoms with Crippen molar-refractivity contribution in [3.63, 3.8) is 0 Å². The van der Waals surface area contributed by atoms with Crippen LogP contribution in [0.25, 0.3) is 0 Å². The Morgan fingerprint density at radius 3 is 2.33 bits per heavy atom. The molecule has 0 saturated carbocycles. The number of fused-ring (bicyclic) bond motifs is 2. The van der Waals surface area contributed by atoms with Crippen LogP contribution in [0, 0.1) is 18.7 Å². The highest BCUT2D eigenvalue weighted by molar-refractivity contribution is 5.85. The molecule has 3 saturated heterocycles. The van der Waals surface area contributed by atoms with Crippen molar-refractivity contribution in [1.82, 2.24) is 9.80 Å². The molecule has 5 atom stereocenters. The van der Waals surface area contributed by atoms with Crippen molar-refractivity contribution in [2.75, 3.05) is 13.1 Å². The Hall–Kier alpha value is -1.66. The highest BCUT2D eigenvalue weighted by Crippen LogP contribution is 2.44. The Kier molecular flexibility index (Phi) is 7.08. The fraction of sp³-hybridized carbons (Fsp3) is 0.652. The molecule has 1 aromatic rings. The second kappa shape index (κ2) is 9.23. The Balaban J connectivity index is 0.00000256. The van der Waals surface area contributed by atoms with Crippen LogP contribution >= 0.6 is 12.4 Å². The number of likely N-dealkylation sites (tertiary alicyclic amines) is 1. The normalized spacial score (nSPS) is 31.1. The summed E-state index contributed by atoms with van der Waals surface area (Å²) in [6.45, 7) is 4.39. The summed E-state index contributed by atoms with van der Waals surface area (Å²) in [6, 6.07) is 5.88. The van der Waals surface area contributed by atoms with Crippen molar-refractivity contribution < 1.29 is 14.0 Å². The van der Waals surface area contributed by atoms with Crippen molar-refractivity contribution in [2.45, 2.75) is 76.4 Å². The van der Waals surface area contributed by atoms with Crippen LogP contribution in [0.15, 0.2) is 18.2 Å². The summed E-state index contributed by atoms with van der Waals surface area (Å²) < 4.78 is 13.7. The smallest absolute Gasteiger partial charge is 0.227 e. The van der Waals surface area contributed by atoms with Crippen LogP contribution in [0.4, 0.5) is 4.39 Å². The number of nitrogens with zero attached hydrogens (tertiary/aromatic N) is 2. The average Bonchev–Trinajstić information content (AvgIpc) is 2.84. The molecule has 0 spiro atoms. The van der Waals surface area contributed by atoms with Gasteiger partial charge in [-0.2, -0.15) is 0 Å². The number of rotatable bonds is 2. The molecule has 0 radical (unpaired) electrons. The zero-order valence-corrected chi connectivity index (χ0v) is 18.7. The molecular formula is C23H33ClFN3O2. The number of halogens is 2. The summed E-state index contributed by atoms with van der Waals surface area (Å²) in [5.74, 6) is 0.262. The highest BCUT2D eigenvalue weighted by Gasteiger charge is 2.45. The van der Waals surface area contributed by atoms with Gasteiger partial charge in [0, 0.05) is 38.1 Å². The maximum Gasteiger partial charge on any atom is 0.227 e. The molecular weight excluding hydrogens is 405 g/mol. The van der Waals surface area contributed by atoms with Gasteiger partial charge in [0.25, 0.3) is 0 Å². The molecule has 30 heavy (non-hydrogen) atoms. The van der Waals surface area contributed by atoms with Gasteiger partial charge in [-0.3, -0.25) is 9.59 Å².